The van der Waals surface area contributed by atoms with E-state index in [9.17, 15) is 0 Å². The third kappa shape index (κ3) is 5.62. The molecule has 19 heavy (non-hydrogen) atoms. The van der Waals surface area contributed by atoms with Gasteiger partial charge in [0.25, 0.3) is 0 Å². The van der Waals surface area contributed by atoms with Gasteiger partial charge in [0.2, 0.25) is 0 Å². The van der Waals surface area contributed by atoms with Crippen molar-refractivity contribution in [2.45, 2.75) is 32.6 Å². The van der Waals surface area contributed by atoms with E-state index in [1.807, 2.05) is 6.92 Å². The van der Waals surface area contributed by atoms with Crippen LogP contribution < -0.4 is 9.47 Å². The van der Waals surface area contributed by atoms with Crippen molar-refractivity contribution in [3.05, 3.63) is 23.8 Å². The molecule has 1 aromatic carbocycles. The van der Waals surface area contributed by atoms with Gasteiger partial charge in [0.15, 0.2) is 11.5 Å². The van der Waals surface area contributed by atoms with Crippen LogP contribution in [0.4, 0.5) is 0 Å². The number of nitrogens with zero attached hydrogens (tertiary/aromatic N) is 1. The van der Waals surface area contributed by atoms with Gasteiger partial charge in [-0.15, -0.1) is 0 Å². The highest BCUT2D eigenvalue weighted by atomic mass is 16.5. The third-order valence-electron chi connectivity index (χ3n) is 2.68. The molecular weight excluding hydrogens is 242 g/mol. The number of hydrogen-bond acceptors (Lipinski definition) is 4. The van der Waals surface area contributed by atoms with Gasteiger partial charge in [-0.25, -0.2) is 0 Å². The molecule has 0 saturated heterocycles. The molecule has 104 valence electrons. The van der Waals surface area contributed by atoms with Crippen LogP contribution in [-0.4, -0.2) is 24.9 Å². The van der Waals surface area contributed by atoms with Crippen molar-refractivity contribution in [3.63, 3.8) is 0 Å². The van der Waals surface area contributed by atoms with Crippen molar-refractivity contribution in [3.8, 4) is 17.6 Å². The predicted molar refractivity (Wildman–Crippen MR) is 73.4 cm³/mol. The van der Waals surface area contributed by atoms with Crippen molar-refractivity contribution in [1.29, 1.82) is 5.26 Å². The first kappa shape index (κ1) is 15.3. The molecule has 0 bridgehead atoms. The van der Waals surface area contributed by atoms with Crippen LogP contribution in [0.15, 0.2) is 18.2 Å². The Balaban J connectivity index is 2.46. The van der Waals surface area contributed by atoms with Crippen LogP contribution in [-0.2, 0) is 0 Å². The molecule has 4 nitrogen and oxygen atoms in total. The molecule has 1 aromatic rings. The molecule has 0 aromatic heterocycles. The summed E-state index contributed by atoms with van der Waals surface area (Å²) in [6, 6.07) is 7.28. The van der Waals surface area contributed by atoms with Gasteiger partial charge in [0.05, 0.1) is 24.8 Å². The van der Waals surface area contributed by atoms with Crippen LogP contribution in [0.2, 0.25) is 0 Å². The molecule has 0 saturated carbocycles. The molecule has 0 heterocycles. The molecule has 0 spiro atoms. The van der Waals surface area contributed by atoms with E-state index >= 15 is 0 Å². The number of hydrogen-bond donors (Lipinski definition) is 1. The van der Waals surface area contributed by atoms with Crippen LogP contribution in [0.1, 0.15) is 38.2 Å². The molecular formula is C15H21NO3. The second-order valence-electron chi connectivity index (χ2n) is 4.19. The van der Waals surface area contributed by atoms with Gasteiger partial charge in [0.1, 0.15) is 0 Å². The summed E-state index contributed by atoms with van der Waals surface area (Å²) in [5.74, 6) is 1.31. The monoisotopic (exact) mass is 263 g/mol. The zero-order chi connectivity index (χ0) is 13.9. The normalized spacial score (nSPS) is 9.95. The molecule has 4 heteroatoms. The SMILES string of the molecule is CCOc1cc(C#N)ccc1OCCCCCCO. The highest BCUT2D eigenvalue weighted by Gasteiger charge is 2.06. The molecule has 1 N–H and O–H groups in total. The van der Waals surface area contributed by atoms with Crippen molar-refractivity contribution in [1.82, 2.24) is 0 Å². The fourth-order valence-electron chi connectivity index (χ4n) is 1.71. The second kappa shape index (κ2) is 9.23. The number of rotatable bonds is 9. The maximum Gasteiger partial charge on any atom is 0.162 e. The first-order valence-corrected chi connectivity index (χ1v) is 6.72. The largest absolute Gasteiger partial charge is 0.490 e. The van der Waals surface area contributed by atoms with E-state index in [2.05, 4.69) is 6.07 Å². The number of benzene rings is 1. The van der Waals surface area contributed by atoms with Crippen LogP contribution in [0.3, 0.4) is 0 Å². The first-order chi connectivity index (χ1) is 9.31. The minimum absolute atomic E-state index is 0.255. The van der Waals surface area contributed by atoms with Crippen molar-refractivity contribution in [2.24, 2.45) is 0 Å². The molecule has 0 radical (unpaired) electrons. The average molecular weight is 263 g/mol. The maximum atomic E-state index is 8.85. The standard InChI is InChI=1S/C15H21NO3/c1-2-18-15-11-13(12-16)7-8-14(15)19-10-6-4-3-5-9-17/h7-8,11,17H,2-6,9-10H2,1H3. The number of aliphatic hydroxyl groups excluding tert-OH is 1. The van der Waals surface area contributed by atoms with Crippen LogP contribution in [0.25, 0.3) is 0 Å². The lowest BCUT2D eigenvalue weighted by Gasteiger charge is -2.12. The summed E-state index contributed by atoms with van der Waals surface area (Å²) in [7, 11) is 0. The van der Waals surface area contributed by atoms with E-state index in [0.717, 1.165) is 25.7 Å². The lowest BCUT2D eigenvalue weighted by molar-refractivity contribution is 0.262. The summed E-state index contributed by atoms with van der Waals surface area (Å²) in [5.41, 5.74) is 0.568. The highest BCUT2D eigenvalue weighted by Crippen LogP contribution is 2.28. The Kier molecular flexibility index (Phi) is 7.45. The first-order valence-electron chi connectivity index (χ1n) is 6.72. The van der Waals surface area contributed by atoms with Gasteiger partial charge in [-0.3, -0.25) is 0 Å². The molecule has 0 aliphatic heterocycles. The van der Waals surface area contributed by atoms with Gasteiger partial charge >= 0.3 is 0 Å². The Bertz CT molecular complexity index is 412. The Labute approximate surface area is 114 Å². The summed E-state index contributed by atoms with van der Waals surface area (Å²) in [5, 5.41) is 17.5. The van der Waals surface area contributed by atoms with E-state index in [1.54, 1.807) is 18.2 Å². The topological polar surface area (TPSA) is 62.5 Å². The van der Waals surface area contributed by atoms with Crippen LogP contribution in [0.5, 0.6) is 11.5 Å². The third-order valence-corrected chi connectivity index (χ3v) is 2.68. The summed E-state index contributed by atoms with van der Waals surface area (Å²) in [4.78, 5) is 0. The molecule has 0 atom stereocenters. The van der Waals surface area contributed by atoms with Crippen molar-refractivity contribution in [2.75, 3.05) is 19.8 Å². The van der Waals surface area contributed by atoms with E-state index in [-0.39, 0.29) is 6.61 Å². The van der Waals surface area contributed by atoms with Gasteiger partial charge in [-0.1, -0.05) is 6.42 Å². The second-order valence-corrected chi connectivity index (χ2v) is 4.19. The van der Waals surface area contributed by atoms with E-state index in [0.29, 0.717) is 30.3 Å². The zero-order valence-electron chi connectivity index (χ0n) is 11.4. The smallest absolute Gasteiger partial charge is 0.162 e. The lowest BCUT2D eigenvalue weighted by Crippen LogP contribution is -2.01. The Hall–Kier alpha value is -1.73. The minimum Gasteiger partial charge on any atom is -0.490 e. The molecule has 1 rings (SSSR count). The van der Waals surface area contributed by atoms with Gasteiger partial charge in [-0.2, -0.15) is 5.26 Å². The Morgan fingerprint density at radius 3 is 2.58 bits per heavy atom. The summed E-state index contributed by atoms with van der Waals surface area (Å²) >= 11 is 0. The lowest BCUT2D eigenvalue weighted by atomic mass is 10.2. The van der Waals surface area contributed by atoms with Gasteiger partial charge < -0.3 is 14.6 Å². The Morgan fingerprint density at radius 1 is 1.11 bits per heavy atom. The fourth-order valence-corrected chi connectivity index (χ4v) is 1.71. The number of ether oxygens (including phenoxy) is 2. The fraction of sp³-hybridized carbons (Fsp3) is 0.533. The molecule has 0 aliphatic rings. The van der Waals surface area contributed by atoms with Crippen LogP contribution >= 0.6 is 0 Å². The summed E-state index contributed by atoms with van der Waals surface area (Å²) < 4.78 is 11.1. The molecule has 0 aliphatic carbocycles. The van der Waals surface area contributed by atoms with E-state index in [4.69, 9.17) is 19.8 Å². The van der Waals surface area contributed by atoms with E-state index < -0.39 is 0 Å². The van der Waals surface area contributed by atoms with Crippen molar-refractivity contribution < 1.29 is 14.6 Å². The van der Waals surface area contributed by atoms with Gasteiger partial charge in [0, 0.05) is 12.7 Å². The zero-order valence-corrected chi connectivity index (χ0v) is 11.4. The molecule has 0 fully saturated rings. The Morgan fingerprint density at radius 2 is 1.89 bits per heavy atom. The van der Waals surface area contributed by atoms with Crippen LogP contribution in [0, 0.1) is 11.3 Å². The average Bonchev–Trinajstić information content (AvgIpc) is 2.44. The minimum atomic E-state index is 0.255. The quantitative estimate of drug-likeness (QED) is 0.696. The van der Waals surface area contributed by atoms with Gasteiger partial charge in [-0.05, 0) is 38.3 Å². The molecule has 0 unspecified atom stereocenters. The van der Waals surface area contributed by atoms with E-state index in [1.165, 1.54) is 0 Å². The maximum absolute atomic E-state index is 8.85. The summed E-state index contributed by atoms with van der Waals surface area (Å²) in [6.07, 6.45) is 3.86. The molecule has 0 amide bonds. The highest BCUT2D eigenvalue weighted by molar-refractivity contribution is 5.46. The predicted octanol–water partition coefficient (Wildman–Crippen LogP) is 2.89. The number of unbranched alkanes of at least 4 members (excludes halogenated alkanes) is 3. The number of nitriles is 1. The summed E-state index contributed by atoms with van der Waals surface area (Å²) in [6.45, 7) is 3.32. The van der Waals surface area contributed by atoms with Crippen molar-refractivity contribution >= 4 is 0 Å². The number of aliphatic hydroxyl groups is 1.